The van der Waals surface area contributed by atoms with Crippen molar-refractivity contribution in [3.63, 3.8) is 0 Å². The number of ketones is 1. The number of ether oxygens (including phenoxy) is 3. The predicted molar refractivity (Wildman–Crippen MR) is 91.5 cm³/mol. The summed E-state index contributed by atoms with van der Waals surface area (Å²) in [6.45, 7) is 7.51. The maximum atomic E-state index is 13.0. The number of esters is 1. The van der Waals surface area contributed by atoms with Gasteiger partial charge in [0.2, 0.25) is 5.76 Å². The minimum absolute atomic E-state index is 0.0563. The number of carbonyl (C=O) groups is 2. The summed E-state index contributed by atoms with van der Waals surface area (Å²) in [5.74, 6) is -1.14. The Morgan fingerprint density at radius 2 is 2.04 bits per heavy atom. The summed E-state index contributed by atoms with van der Waals surface area (Å²) in [5, 5.41) is 10.1. The molecule has 0 spiro atoms. The fourth-order valence-corrected chi connectivity index (χ4v) is 3.37. The van der Waals surface area contributed by atoms with Gasteiger partial charge in [0, 0.05) is 11.5 Å². The molecular formula is C19H26O6. The number of rotatable bonds is 5. The first-order valence-corrected chi connectivity index (χ1v) is 8.60. The third kappa shape index (κ3) is 3.72. The van der Waals surface area contributed by atoms with Crippen LogP contribution in [-0.2, 0) is 23.8 Å². The van der Waals surface area contributed by atoms with Crippen molar-refractivity contribution in [1.82, 2.24) is 0 Å². The predicted octanol–water partition coefficient (Wildman–Crippen LogP) is 3.20. The first-order chi connectivity index (χ1) is 11.8. The Hall–Kier alpha value is -2.24. The van der Waals surface area contributed by atoms with Gasteiger partial charge in [0.25, 0.3) is 0 Å². The summed E-state index contributed by atoms with van der Waals surface area (Å²) in [6.07, 6.45) is 2.66. The smallest absolute Gasteiger partial charge is 0.373 e. The number of aliphatic hydroxyl groups excluding tert-OH is 1. The van der Waals surface area contributed by atoms with Crippen molar-refractivity contribution in [2.45, 2.75) is 46.6 Å². The van der Waals surface area contributed by atoms with Crippen molar-refractivity contribution in [2.24, 2.45) is 11.8 Å². The van der Waals surface area contributed by atoms with E-state index in [1.54, 1.807) is 14.0 Å². The molecule has 1 N–H and O–H groups in total. The zero-order valence-electron chi connectivity index (χ0n) is 15.4. The summed E-state index contributed by atoms with van der Waals surface area (Å²) in [7, 11) is 1.58. The Balaban J connectivity index is 2.39. The van der Waals surface area contributed by atoms with E-state index in [2.05, 4.69) is 0 Å². The molecule has 2 aliphatic carbocycles. The van der Waals surface area contributed by atoms with E-state index in [1.165, 1.54) is 0 Å². The molecule has 2 atom stereocenters. The molecule has 6 nitrogen and oxygen atoms in total. The van der Waals surface area contributed by atoms with Gasteiger partial charge in [0.1, 0.15) is 5.76 Å². The molecule has 0 radical (unpaired) electrons. The Morgan fingerprint density at radius 3 is 2.60 bits per heavy atom. The van der Waals surface area contributed by atoms with Crippen LogP contribution in [0.1, 0.15) is 40.5 Å². The van der Waals surface area contributed by atoms with E-state index in [1.807, 2.05) is 26.8 Å². The molecule has 1 fully saturated rings. The van der Waals surface area contributed by atoms with Crippen LogP contribution in [0.5, 0.6) is 0 Å². The number of carbonyl (C=O) groups excluding carboxylic acids is 2. The number of Topliss-reactive ketones (excluding diaryl/α,β-unsaturated/α-hetero) is 1. The largest absolute Gasteiger partial charge is 0.502 e. The van der Waals surface area contributed by atoms with Gasteiger partial charge in [-0.2, -0.15) is 0 Å². The number of methoxy groups -OCH3 is 1. The molecule has 25 heavy (non-hydrogen) atoms. The van der Waals surface area contributed by atoms with E-state index in [4.69, 9.17) is 14.2 Å². The molecule has 0 heterocycles. The summed E-state index contributed by atoms with van der Waals surface area (Å²) in [6, 6.07) is 0. The molecule has 2 aliphatic rings. The Morgan fingerprint density at radius 1 is 1.36 bits per heavy atom. The van der Waals surface area contributed by atoms with Crippen LogP contribution in [0.3, 0.4) is 0 Å². The van der Waals surface area contributed by atoms with Crippen LogP contribution in [0.2, 0.25) is 0 Å². The van der Waals surface area contributed by atoms with Crippen LogP contribution in [0.25, 0.3) is 0 Å². The first-order valence-electron chi connectivity index (χ1n) is 8.60. The molecule has 0 aliphatic heterocycles. The molecule has 0 amide bonds. The van der Waals surface area contributed by atoms with Gasteiger partial charge in [-0.05, 0) is 39.7 Å². The van der Waals surface area contributed by atoms with Crippen molar-refractivity contribution in [1.29, 1.82) is 0 Å². The molecule has 1 saturated carbocycles. The van der Waals surface area contributed by atoms with Crippen molar-refractivity contribution >= 4 is 11.8 Å². The van der Waals surface area contributed by atoms with Gasteiger partial charge in [-0.1, -0.05) is 12.5 Å². The highest BCUT2D eigenvalue weighted by atomic mass is 16.5. The average Bonchev–Trinajstić information content (AvgIpc) is 2.56. The van der Waals surface area contributed by atoms with Gasteiger partial charge in [0.05, 0.1) is 25.7 Å². The van der Waals surface area contributed by atoms with Gasteiger partial charge < -0.3 is 19.3 Å². The molecule has 2 rings (SSSR count). The Kier molecular flexibility index (Phi) is 5.93. The highest BCUT2D eigenvalue weighted by Gasteiger charge is 2.42. The molecule has 138 valence electrons. The van der Waals surface area contributed by atoms with Crippen LogP contribution in [0.4, 0.5) is 0 Å². The number of hydrogen-bond donors (Lipinski definition) is 1. The Bertz CT molecular complexity index is 653. The van der Waals surface area contributed by atoms with E-state index in [0.29, 0.717) is 24.4 Å². The van der Waals surface area contributed by atoms with Crippen molar-refractivity contribution in [2.75, 3.05) is 13.7 Å². The minimum atomic E-state index is -0.853. The second-order valence-corrected chi connectivity index (χ2v) is 6.50. The maximum Gasteiger partial charge on any atom is 0.373 e. The average molecular weight is 350 g/mol. The standard InChI is InChI=1S/C19H26O6/c1-6-24-19(22)17(21)13-8-7-12-9-14(23-5)18(25-10(2)3)11(4)15(12)16(13)20/h9-11,15,21H,6-8H2,1-5H3/b17-13-. The molecule has 0 aromatic heterocycles. The van der Waals surface area contributed by atoms with E-state index in [9.17, 15) is 14.7 Å². The molecule has 0 aromatic carbocycles. The molecule has 0 saturated heterocycles. The van der Waals surface area contributed by atoms with Crippen molar-refractivity contribution in [3.05, 3.63) is 34.5 Å². The Labute approximate surface area is 148 Å². The summed E-state index contributed by atoms with van der Waals surface area (Å²) in [4.78, 5) is 24.7. The zero-order valence-corrected chi connectivity index (χ0v) is 15.4. The minimum Gasteiger partial charge on any atom is -0.502 e. The topological polar surface area (TPSA) is 82.1 Å². The fourth-order valence-electron chi connectivity index (χ4n) is 3.37. The van der Waals surface area contributed by atoms with Crippen LogP contribution >= 0.6 is 0 Å². The van der Waals surface area contributed by atoms with Crippen LogP contribution in [0.15, 0.2) is 34.5 Å². The monoisotopic (exact) mass is 350 g/mol. The zero-order chi connectivity index (χ0) is 18.7. The SMILES string of the molecule is CCOC(=O)/C(O)=C1\CCC2=CC(OC)=C(OC(C)C)C(C)C2C1=O. The summed E-state index contributed by atoms with van der Waals surface area (Å²) < 4.78 is 16.1. The van der Waals surface area contributed by atoms with E-state index >= 15 is 0 Å². The van der Waals surface area contributed by atoms with Crippen LogP contribution < -0.4 is 0 Å². The lowest BCUT2D eigenvalue weighted by Crippen LogP contribution is -2.35. The third-order valence-corrected chi connectivity index (χ3v) is 4.45. The number of aliphatic hydroxyl groups is 1. The molecular weight excluding hydrogens is 324 g/mol. The lowest BCUT2D eigenvalue weighted by Gasteiger charge is -2.36. The van der Waals surface area contributed by atoms with Gasteiger partial charge in [0.15, 0.2) is 11.5 Å². The highest BCUT2D eigenvalue weighted by Crippen LogP contribution is 2.43. The first kappa shape index (κ1) is 19.1. The molecule has 6 heteroatoms. The number of hydrogen-bond acceptors (Lipinski definition) is 6. The van der Waals surface area contributed by atoms with E-state index in [0.717, 1.165) is 5.57 Å². The lowest BCUT2D eigenvalue weighted by atomic mass is 9.70. The van der Waals surface area contributed by atoms with E-state index < -0.39 is 17.6 Å². The summed E-state index contributed by atoms with van der Waals surface area (Å²) >= 11 is 0. The van der Waals surface area contributed by atoms with Gasteiger partial charge in [-0.15, -0.1) is 0 Å². The fraction of sp³-hybridized carbons (Fsp3) is 0.579. The van der Waals surface area contributed by atoms with Crippen molar-refractivity contribution in [3.8, 4) is 0 Å². The second-order valence-electron chi connectivity index (χ2n) is 6.50. The quantitative estimate of drug-likeness (QED) is 0.466. The van der Waals surface area contributed by atoms with Gasteiger partial charge >= 0.3 is 5.97 Å². The van der Waals surface area contributed by atoms with Crippen molar-refractivity contribution < 1.29 is 28.9 Å². The third-order valence-electron chi connectivity index (χ3n) is 4.45. The van der Waals surface area contributed by atoms with Crippen LogP contribution in [0, 0.1) is 11.8 Å². The molecule has 0 aromatic rings. The summed E-state index contributed by atoms with van der Waals surface area (Å²) in [5.41, 5.74) is 1.07. The lowest BCUT2D eigenvalue weighted by molar-refractivity contribution is -0.142. The molecule has 2 unspecified atom stereocenters. The highest BCUT2D eigenvalue weighted by molar-refractivity contribution is 6.06. The van der Waals surface area contributed by atoms with E-state index in [-0.39, 0.29) is 30.0 Å². The molecule has 0 bridgehead atoms. The second kappa shape index (κ2) is 7.76. The normalized spacial score (nSPS) is 25.4. The number of allylic oxidation sites excluding steroid dienone is 4. The van der Waals surface area contributed by atoms with Gasteiger partial charge in [-0.25, -0.2) is 4.79 Å². The van der Waals surface area contributed by atoms with Crippen LogP contribution in [-0.4, -0.2) is 36.7 Å². The number of fused-ring (bicyclic) bond motifs is 1. The maximum absolute atomic E-state index is 13.0. The van der Waals surface area contributed by atoms with Gasteiger partial charge in [-0.3, -0.25) is 4.79 Å².